The number of hydrogen-bond donors (Lipinski definition) is 1. The zero-order valence-corrected chi connectivity index (χ0v) is 7.55. The Labute approximate surface area is 81.0 Å². The van der Waals surface area contributed by atoms with Gasteiger partial charge in [-0.05, 0) is 11.2 Å². The molecule has 0 bridgehead atoms. The van der Waals surface area contributed by atoms with Gasteiger partial charge in [0, 0.05) is 10.8 Å². The molecule has 0 aliphatic carbocycles. The van der Waals surface area contributed by atoms with E-state index in [4.69, 9.17) is 5.73 Å². The van der Waals surface area contributed by atoms with Gasteiger partial charge >= 0.3 is 0 Å². The van der Waals surface area contributed by atoms with Gasteiger partial charge in [-0.1, -0.05) is 22.9 Å². The lowest BCUT2D eigenvalue weighted by Crippen LogP contribution is -2.43. The second kappa shape index (κ2) is 3.41. The Bertz CT molecular complexity index is 482. The van der Waals surface area contributed by atoms with E-state index < -0.39 is 5.91 Å². The number of benzene rings is 1. The Morgan fingerprint density at radius 3 is 2.79 bits per heavy atom. The maximum absolute atomic E-state index is 10.7. The van der Waals surface area contributed by atoms with Gasteiger partial charge in [0.15, 0.2) is 0 Å². The number of rotatable bonds is 2. The van der Waals surface area contributed by atoms with Crippen LogP contribution in [-0.4, -0.2) is 11.0 Å². The van der Waals surface area contributed by atoms with E-state index in [1.165, 1.54) is 4.68 Å². The molecule has 0 radical (unpaired) electrons. The quantitative estimate of drug-likeness (QED) is 0.675. The average molecular weight is 188 g/mol. The first-order chi connectivity index (χ1) is 6.75. The molecule has 0 fully saturated rings. The topological polar surface area (TPSA) is 59.9 Å². The van der Waals surface area contributed by atoms with E-state index in [0.717, 1.165) is 10.8 Å². The lowest BCUT2D eigenvalue weighted by Gasteiger charge is -1.94. The first-order valence-corrected chi connectivity index (χ1v) is 4.28. The van der Waals surface area contributed by atoms with Crippen LogP contribution in [0.3, 0.4) is 0 Å². The predicted molar refractivity (Wildman–Crippen MR) is 51.1 cm³/mol. The first kappa shape index (κ1) is 8.62. The summed E-state index contributed by atoms with van der Waals surface area (Å²) in [7, 11) is 0. The highest BCUT2D eigenvalue weighted by molar-refractivity contribution is 5.79. The van der Waals surface area contributed by atoms with Crippen molar-refractivity contribution < 1.29 is 9.48 Å². The van der Waals surface area contributed by atoms with Crippen molar-refractivity contribution in [3.8, 4) is 0 Å². The fourth-order valence-corrected chi connectivity index (χ4v) is 1.32. The van der Waals surface area contributed by atoms with Crippen molar-refractivity contribution in [2.45, 2.75) is 6.54 Å². The monoisotopic (exact) mass is 188 g/mol. The van der Waals surface area contributed by atoms with Gasteiger partial charge in [0.1, 0.15) is 6.20 Å². The summed E-state index contributed by atoms with van der Waals surface area (Å²) in [5, 5.41) is 6.16. The summed E-state index contributed by atoms with van der Waals surface area (Å²) < 4.78 is 1.53. The molecule has 70 valence electrons. The molecule has 2 aromatic rings. The van der Waals surface area contributed by atoms with E-state index in [1.807, 2.05) is 24.3 Å². The number of amides is 1. The molecule has 1 aromatic heterocycles. The molecule has 4 heteroatoms. The summed E-state index contributed by atoms with van der Waals surface area (Å²) in [6, 6.07) is 7.82. The largest absolute Gasteiger partial charge is 0.364 e. The summed E-state index contributed by atoms with van der Waals surface area (Å²) in [4.78, 5) is 10.7. The Kier molecular flexibility index (Phi) is 2.10. The minimum absolute atomic E-state index is 0.116. The highest BCUT2D eigenvalue weighted by Gasteiger charge is 2.07. The normalized spacial score (nSPS) is 10.3. The van der Waals surface area contributed by atoms with Crippen molar-refractivity contribution in [2.24, 2.45) is 5.73 Å². The Morgan fingerprint density at radius 2 is 2.07 bits per heavy atom. The van der Waals surface area contributed by atoms with Gasteiger partial charge in [0.2, 0.25) is 6.20 Å². The van der Waals surface area contributed by atoms with E-state index in [9.17, 15) is 4.79 Å². The van der Waals surface area contributed by atoms with Gasteiger partial charge in [-0.25, -0.2) is 0 Å². The number of aromatic nitrogens is 2. The summed E-state index contributed by atoms with van der Waals surface area (Å²) in [5.41, 5.74) is 5.07. The van der Waals surface area contributed by atoms with Crippen molar-refractivity contribution in [2.75, 3.05) is 0 Å². The average Bonchev–Trinajstić information content (AvgIpc) is 2.17. The van der Waals surface area contributed by atoms with Crippen LogP contribution in [0.15, 0.2) is 36.7 Å². The molecule has 0 aliphatic rings. The van der Waals surface area contributed by atoms with Crippen LogP contribution in [0.2, 0.25) is 0 Å². The molecule has 0 aliphatic heterocycles. The lowest BCUT2D eigenvalue weighted by atomic mass is 10.2. The molecule has 0 saturated heterocycles. The highest BCUT2D eigenvalue weighted by atomic mass is 16.1. The first-order valence-electron chi connectivity index (χ1n) is 4.28. The molecular formula is C10H10N3O+. The van der Waals surface area contributed by atoms with Crippen molar-refractivity contribution in [1.29, 1.82) is 0 Å². The second-order valence-electron chi connectivity index (χ2n) is 3.07. The van der Waals surface area contributed by atoms with Crippen LogP contribution in [0, 0.1) is 0 Å². The summed E-state index contributed by atoms with van der Waals surface area (Å²) in [6.07, 6.45) is 3.53. The van der Waals surface area contributed by atoms with Crippen LogP contribution < -0.4 is 10.4 Å². The van der Waals surface area contributed by atoms with Crippen LogP contribution in [-0.2, 0) is 11.3 Å². The fraction of sp³-hybridized carbons (Fsp3) is 0.100. The smallest absolute Gasteiger partial charge is 0.285 e. The summed E-state index contributed by atoms with van der Waals surface area (Å²) in [6.45, 7) is 0.116. The lowest BCUT2D eigenvalue weighted by molar-refractivity contribution is -0.740. The predicted octanol–water partition coefficient (Wildman–Crippen LogP) is 0.00760. The van der Waals surface area contributed by atoms with Crippen molar-refractivity contribution in [3.63, 3.8) is 0 Å². The minimum atomic E-state index is -0.391. The van der Waals surface area contributed by atoms with Gasteiger partial charge in [-0.3, -0.25) is 4.79 Å². The van der Waals surface area contributed by atoms with Crippen LogP contribution >= 0.6 is 0 Å². The number of hydrogen-bond acceptors (Lipinski definition) is 2. The number of nitrogens with two attached hydrogens (primary N) is 1. The maximum atomic E-state index is 10.7. The van der Waals surface area contributed by atoms with Crippen molar-refractivity contribution >= 4 is 16.7 Å². The van der Waals surface area contributed by atoms with Crippen LogP contribution in [0.4, 0.5) is 0 Å². The molecule has 2 N–H and O–H groups in total. The van der Waals surface area contributed by atoms with E-state index >= 15 is 0 Å². The molecule has 4 nitrogen and oxygen atoms in total. The van der Waals surface area contributed by atoms with Gasteiger partial charge in [-0.2, -0.15) is 0 Å². The molecule has 0 spiro atoms. The third-order valence-electron chi connectivity index (χ3n) is 1.95. The Balaban J connectivity index is 2.46. The molecule has 14 heavy (non-hydrogen) atoms. The summed E-state index contributed by atoms with van der Waals surface area (Å²) >= 11 is 0. The number of primary amides is 1. The highest BCUT2D eigenvalue weighted by Crippen LogP contribution is 2.07. The van der Waals surface area contributed by atoms with E-state index in [1.54, 1.807) is 12.4 Å². The third kappa shape index (κ3) is 1.69. The second-order valence-corrected chi connectivity index (χ2v) is 3.07. The zero-order chi connectivity index (χ0) is 9.97. The van der Waals surface area contributed by atoms with E-state index in [-0.39, 0.29) is 6.54 Å². The van der Waals surface area contributed by atoms with Gasteiger partial charge < -0.3 is 5.73 Å². The third-order valence-corrected chi connectivity index (χ3v) is 1.95. The minimum Gasteiger partial charge on any atom is -0.364 e. The molecular weight excluding hydrogens is 178 g/mol. The van der Waals surface area contributed by atoms with Crippen LogP contribution in [0.25, 0.3) is 10.8 Å². The summed E-state index contributed by atoms with van der Waals surface area (Å²) in [5.74, 6) is -0.391. The number of nitrogens with zero attached hydrogens (tertiary/aromatic N) is 2. The number of carbonyl (C=O) groups excluding carboxylic acids is 1. The Hall–Kier alpha value is -1.97. The molecule has 1 aromatic carbocycles. The fourth-order valence-electron chi connectivity index (χ4n) is 1.32. The SMILES string of the molecule is NC(=O)C[n+]1cc2ccccc2cn1. The van der Waals surface area contributed by atoms with Gasteiger partial charge in [0.05, 0.1) is 0 Å². The van der Waals surface area contributed by atoms with Gasteiger partial charge in [-0.15, -0.1) is 0 Å². The standard InChI is InChI=1S/C10H9N3O/c11-10(14)7-13-6-9-4-2-1-3-8(9)5-12-13/h1-6H,7H2,(H-,11,14)/p+1. The number of carbonyl (C=O) groups is 1. The van der Waals surface area contributed by atoms with Crippen LogP contribution in [0.5, 0.6) is 0 Å². The van der Waals surface area contributed by atoms with Crippen LogP contribution in [0.1, 0.15) is 0 Å². The maximum Gasteiger partial charge on any atom is 0.285 e. The molecule has 1 heterocycles. The molecule has 0 unspecified atom stereocenters. The van der Waals surface area contributed by atoms with Crippen molar-refractivity contribution in [3.05, 3.63) is 36.7 Å². The van der Waals surface area contributed by atoms with Gasteiger partial charge in [0.25, 0.3) is 12.5 Å². The molecule has 0 atom stereocenters. The Morgan fingerprint density at radius 1 is 1.36 bits per heavy atom. The van der Waals surface area contributed by atoms with E-state index in [0.29, 0.717) is 0 Å². The number of fused-ring (bicyclic) bond motifs is 1. The zero-order valence-electron chi connectivity index (χ0n) is 7.55. The molecule has 1 amide bonds. The van der Waals surface area contributed by atoms with Crippen molar-refractivity contribution in [1.82, 2.24) is 5.10 Å². The van der Waals surface area contributed by atoms with E-state index in [2.05, 4.69) is 5.10 Å². The molecule has 0 saturated carbocycles. The molecule has 2 rings (SSSR count).